The molecule has 1 N–H and O–H groups in total. The topological polar surface area (TPSA) is 37.4 Å². The summed E-state index contributed by atoms with van der Waals surface area (Å²) in [6.45, 7) is 12.3. The van der Waals surface area contributed by atoms with Gasteiger partial charge < -0.3 is 15.0 Å². The van der Waals surface area contributed by atoms with E-state index in [0.29, 0.717) is 0 Å². The zero-order valence-electron chi connectivity index (χ0n) is 11.7. The molecule has 0 spiro atoms. The van der Waals surface area contributed by atoms with Crippen LogP contribution in [-0.2, 0) is 11.3 Å². The van der Waals surface area contributed by atoms with Crippen LogP contribution in [0.3, 0.4) is 0 Å². The molecule has 1 aliphatic heterocycles. The van der Waals surface area contributed by atoms with Gasteiger partial charge in [0.1, 0.15) is 0 Å². The average Bonchev–Trinajstić information content (AvgIpc) is 2.67. The van der Waals surface area contributed by atoms with Gasteiger partial charge in [-0.25, -0.2) is 4.98 Å². The first-order valence-corrected chi connectivity index (χ1v) is 7.49. The molecular weight excluding hydrogens is 246 g/mol. The van der Waals surface area contributed by atoms with Crippen molar-refractivity contribution < 1.29 is 4.74 Å². The molecule has 0 amide bonds. The maximum Gasteiger partial charge on any atom is 0.185 e. The number of hydrogen-bond acceptors (Lipinski definition) is 5. The number of hydrogen-bond donors (Lipinski definition) is 1. The van der Waals surface area contributed by atoms with Crippen LogP contribution >= 0.6 is 11.3 Å². The lowest BCUT2D eigenvalue weighted by Crippen LogP contribution is -2.45. The summed E-state index contributed by atoms with van der Waals surface area (Å²) in [6, 6.07) is 0. The Morgan fingerprint density at radius 1 is 1.39 bits per heavy atom. The summed E-state index contributed by atoms with van der Waals surface area (Å²) in [4.78, 5) is 8.40. The van der Waals surface area contributed by atoms with Crippen molar-refractivity contribution in [3.63, 3.8) is 0 Å². The molecule has 1 aromatic rings. The van der Waals surface area contributed by atoms with Gasteiger partial charge in [0.2, 0.25) is 0 Å². The van der Waals surface area contributed by atoms with Crippen LogP contribution in [0.2, 0.25) is 0 Å². The molecule has 1 aromatic heterocycles. The summed E-state index contributed by atoms with van der Waals surface area (Å²) in [5, 5.41) is 4.51. The molecule has 102 valence electrons. The number of nitrogens with zero attached hydrogens (tertiary/aromatic N) is 2. The number of rotatable bonds is 4. The highest BCUT2D eigenvalue weighted by molar-refractivity contribution is 7.15. The minimum Gasteiger partial charge on any atom is -0.372 e. The van der Waals surface area contributed by atoms with Crippen molar-refractivity contribution in [3.8, 4) is 0 Å². The normalized spacial score (nSPS) is 24.6. The first-order chi connectivity index (χ1) is 8.60. The highest BCUT2D eigenvalue weighted by atomic mass is 32.1. The van der Waals surface area contributed by atoms with Crippen molar-refractivity contribution in [1.82, 2.24) is 10.3 Å². The molecule has 2 atom stereocenters. The molecule has 2 rings (SSSR count). The molecule has 0 aromatic carbocycles. The van der Waals surface area contributed by atoms with Gasteiger partial charge in [0.15, 0.2) is 5.13 Å². The van der Waals surface area contributed by atoms with E-state index in [1.165, 1.54) is 4.88 Å². The minimum atomic E-state index is 0.287. The van der Waals surface area contributed by atoms with E-state index in [4.69, 9.17) is 9.72 Å². The van der Waals surface area contributed by atoms with Crippen LogP contribution in [0.5, 0.6) is 0 Å². The second-order valence-corrected chi connectivity index (χ2v) is 6.01. The summed E-state index contributed by atoms with van der Waals surface area (Å²) >= 11 is 1.81. The lowest BCUT2D eigenvalue weighted by molar-refractivity contribution is -0.00523. The van der Waals surface area contributed by atoms with Gasteiger partial charge in [-0.05, 0) is 27.3 Å². The van der Waals surface area contributed by atoms with E-state index >= 15 is 0 Å². The third-order valence-corrected chi connectivity index (χ3v) is 4.33. The Morgan fingerprint density at radius 2 is 2.06 bits per heavy atom. The molecule has 2 unspecified atom stereocenters. The van der Waals surface area contributed by atoms with Crippen molar-refractivity contribution >= 4 is 16.5 Å². The molecule has 18 heavy (non-hydrogen) atoms. The monoisotopic (exact) mass is 269 g/mol. The van der Waals surface area contributed by atoms with Crippen LogP contribution in [0, 0.1) is 6.92 Å². The van der Waals surface area contributed by atoms with Crippen molar-refractivity contribution in [2.24, 2.45) is 0 Å². The third-order valence-electron chi connectivity index (χ3n) is 3.11. The van der Waals surface area contributed by atoms with Gasteiger partial charge in [-0.3, -0.25) is 0 Å². The minimum absolute atomic E-state index is 0.287. The van der Waals surface area contributed by atoms with Gasteiger partial charge >= 0.3 is 0 Å². The Bertz CT molecular complexity index is 384. The summed E-state index contributed by atoms with van der Waals surface area (Å²) in [5.74, 6) is 0. The second-order valence-electron chi connectivity index (χ2n) is 4.95. The predicted molar refractivity (Wildman–Crippen MR) is 76.5 cm³/mol. The standard InChI is InChI=1S/C13H23N3OS/c1-5-14-6-12-11(4)15-13(18-12)16-7-9(2)17-10(3)8-16/h9-10,14H,5-8H2,1-4H3. The molecule has 0 radical (unpaired) electrons. The molecule has 2 heterocycles. The Hall–Kier alpha value is -0.650. The molecule has 1 saturated heterocycles. The summed E-state index contributed by atoms with van der Waals surface area (Å²) in [7, 11) is 0. The largest absolute Gasteiger partial charge is 0.372 e. The van der Waals surface area contributed by atoms with Crippen LogP contribution in [0.25, 0.3) is 0 Å². The van der Waals surface area contributed by atoms with E-state index in [1.807, 2.05) is 0 Å². The maximum atomic E-state index is 5.76. The second kappa shape index (κ2) is 5.99. The van der Waals surface area contributed by atoms with Crippen molar-refractivity contribution in [1.29, 1.82) is 0 Å². The fourth-order valence-corrected chi connectivity index (χ4v) is 3.33. The zero-order chi connectivity index (χ0) is 13.1. The fourth-order valence-electron chi connectivity index (χ4n) is 2.28. The third kappa shape index (κ3) is 3.22. The quantitative estimate of drug-likeness (QED) is 0.909. The summed E-state index contributed by atoms with van der Waals surface area (Å²) < 4.78 is 5.76. The van der Waals surface area contributed by atoms with Gasteiger partial charge in [-0.1, -0.05) is 6.92 Å². The van der Waals surface area contributed by atoms with Crippen molar-refractivity contribution in [2.45, 2.75) is 46.4 Å². The molecule has 0 aliphatic carbocycles. The van der Waals surface area contributed by atoms with Crippen LogP contribution in [0.1, 0.15) is 31.3 Å². The molecule has 4 nitrogen and oxygen atoms in total. The van der Waals surface area contributed by atoms with E-state index < -0.39 is 0 Å². The van der Waals surface area contributed by atoms with E-state index in [0.717, 1.165) is 37.0 Å². The Morgan fingerprint density at radius 3 is 2.67 bits per heavy atom. The summed E-state index contributed by atoms with van der Waals surface area (Å²) in [6.07, 6.45) is 0.574. The Labute approximate surface area is 113 Å². The van der Waals surface area contributed by atoms with Crippen LogP contribution < -0.4 is 10.2 Å². The number of morpholine rings is 1. The van der Waals surface area contributed by atoms with E-state index in [1.54, 1.807) is 11.3 Å². The van der Waals surface area contributed by atoms with E-state index in [9.17, 15) is 0 Å². The van der Waals surface area contributed by atoms with E-state index in [2.05, 4.69) is 37.9 Å². The first-order valence-electron chi connectivity index (χ1n) is 6.67. The smallest absolute Gasteiger partial charge is 0.185 e. The number of anilines is 1. The Kier molecular flexibility index (Phi) is 4.59. The predicted octanol–water partition coefficient (Wildman–Crippen LogP) is 2.17. The number of thiazole rings is 1. The summed E-state index contributed by atoms with van der Waals surface area (Å²) in [5.41, 5.74) is 1.16. The molecule has 1 aliphatic rings. The van der Waals surface area contributed by atoms with Crippen LogP contribution in [0.4, 0.5) is 5.13 Å². The van der Waals surface area contributed by atoms with Gasteiger partial charge in [-0.2, -0.15) is 0 Å². The van der Waals surface area contributed by atoms with E-state index in [-0.39, 0.29) is 12.2 Å². The maximum absolute atomic E-state index is 5.76. The molecular formula is C13H23N3OS. The number of aryl methyl sites for hydroxylation is 1. The number of ether oxygens (including phenoxy) is 1. The lowest BCUT2D eigenvalue weighted by atomic mass is 10.2. The highest BCUT2D eigenvalue weighted by Crippen LogP contribution is 2.28. The van der Waals surface area contributed by atoms with Crippen molar-refractivity contribution in [3.05, 3.63) is 10.6 Å². The van der Waals surface area contributed by atoms with Crippen LogP contribution in [0.15, 0.2) is 0 Å². The van der Waals surface area contributed by atoms with Crippen LogP contribution in [-0.4, -0.2) is 36.8 Å². The Balaban J connectivity index is 2.08. The highest BCUT2D eigenvalue weighted by Gasteiger charge is 2.24. The lowest BCUT2D eigenvalue weighted by Gasteiger charge is -2.35. The molecule has 1 fully saturated rings. The molecule has 0 bridgehead atoms. The number of aromatic nitrogens is 1. The van der Waals surface area contributed by atoms with Gasteiger partial charge in [0.25, 0.3) is 0 Å². The fraction of sp³-hybridized carbons (Fsp3) is 0.769. The first kappa shape index (κ1) is 13.8. The number of nitrogens with one attached hydrogen (secondary N) is 1. The average molecular weight is 269 g/mol. The zero-order valence-corrected chi connectivity index (χ0v) is 12.5. The molecule has 0 saturated carbocycles. The van der Waals surface area contributed by atoms with Gasteiger partial charge in [-0.15, -0.1) is 11.3 Å². The SMILES string of the molecule is CCNCc1sc(N2CC(C)OC(C)C2)nc1C. The van der Waals surface area contributed by atoms with Crippen molar-refractivity contribution in [2.75, 3.05) is 24.5 Å². The molecule has 5 heteroatoms. The van der Waals surface area contributed by atoms with Gasteiger partial charge in [0, 0.05) is 24.5 Å². The van der Waals surface area contributed by atoms with Gasteiger partial charge in [0.05, 0.1) is 17.9 Å².